The highest BCUT2D eigenvalue weighted by atomic mass is 16.8. The van der Waals surface area contributed by atoms with Crippen molar-refractivity contribution in [3.63, 3.8) is 0 Å². The minimum atomic E-state index is -0.492. The quantitative estimate of drug-likeness (QED) is 0.856. The second-order valence-electron chi connectivity index (χ2n) is 6.43. The van der Waals surface area contributed by atoms with Gasteiger partial charge in [-0.1, -0.05) is 36.4 Å². The standard InChI is InChI=1S/C19H20O3/c1-19(2)21-17-10-14-8-9-15(11-16(14)18(17)22-19)20-12-13-6-4-3-5-7-13/h3-9,11,17-18H,10,12H2,1-2H3/t17-,18+/m1/s1. The third-order valence-corrected chi connectivity index (χ3v) is 4.28. The van der Waals surface area contributed by atoms with Crippen molar-refractivity contribution in [1.82, 2.24) is 0 Å². The lowest BCUT2D eigenvalue weighted by Crippen LogP contribution is -2.22. The number of hydrogen-bond donors (Lipinski definition) is 0. The first-order chi connectivity index (χ1) is 10.6. The number of rotatable bonds is 3. The molecule has 0 saturated carbocycles. The molecule has 22 heavy (non-hydrogen) atoms. The van der Waals surface area contributed by atoms with Crippen LogP contribution in [-0.4, -0.2) is 11.9 Å². The fourth-order valence-electron chi connectivity index (χ4n) is 3.32. The van der Waals surface area contributed by atoms with Gasteiger partial charge in [-0.25, -0.2) is 0 Å². The SMILES string of the molecule is CC1(C)O[C@@H]2Cc3ccc(OCc4ccccc4)cc3[C@@H]2O1. The Morgan fingerprint density at radius 3 is 2.73 bits per heavy atom. The largest absolute Gasteiger partial charge is 0.489 e. The summed E-state index contributed by atoms with van der Waals surface area (Å²) in [5, 5.41) is 0. The normalized spacial score (nSPS) is 24.8. The molecule has 3 heteroatoms. The molecular formula is C19H20O3. The summed E-state index contributed by atoms with van der Waals surface area (Å²) in [4.78, 5) is 0. The van der Waals surface area contributed by atoms with Gasteiger partial charge >= 0.3 is 0 Å². The molecule has 1 saturated heterocycles. The minimum absolute atomic E-state index is 0.0327. The van der Waals surface area contributed by atoms with Crippen LogP contribution < -0.4 is 4.74 Å². The van der Waals surface area contributed by atoms with E-state index in [9.17, 15) is 0 Å². The average molecular weight is 296 g/mol. The Kier molecular flexibility index (Phi) is 3.21. The molecule has 0 radical (unpaired) electrons. The van der Waals surface area contributed by atoms with Gasteiger partial charge in [0.05, 0.1) is 6.10 Å². The lowest BCUT2D eigenvalue weighted by Gasteiger charge is -2.19. The van der Waals surface area contributed by atoms with Gasteiger partial charge in [0, 0.05) is 6.42 Å². The summed E-state index contributed by atoms with van der Waals surface area (Å²) >= 11 is 0. The summed E-state index contributed by atoms with van der Waals surface area (Å²) in [7, 11) is 0. The lowest BCUT2D eigenvalue weighted by atomic mass is 10.1. The summed E-state index contributed by atoms with van der Waals surface area (Å²) < 4.78 is 17.9. The fraction of sp³-hybridized carbons (Fsp3) is 0.368. The molecule has 2 aromatic rings. The van der Waals surface area contributed by atoms with Crippen LogP contribution in [0, 0.1) is 0 Å². The van der Waals surface area contributed by atoms with Crippen molar-refractivity contribution in [1.29, 1.82) is 0 Å². The summed E-state index contributed by atoms with van der Waals surface area (Å²) in [5.41, 5.74) is 3.68. The van der Waals surface area contributed by atoms with Crippen molar-refractivity contribution in [3.8, 4) is 5.75 Å². The van der Waals surface area contributed by atoms with Gasteiger partial charge in [-0.05, 0) is 42.7 Å². The third kappa shape index (κ3) is 2.51. The van der Waals surface area contributed by atoms with Crippen LogP contribution in [0.3, 0.4) is 0 Å². The summed E-state index contributed by atoms with van der Waals surface area (Å²) in [6.45, 7) is 4.53. The van der Waals surface area contributed by atoms with E-state index in [0.29, 0.717) is 6.61 Å². The number of benzene rings is 2. The predicted octanol–water partition coefficient (Wildman–Crippen LogP) is 4.01. The highest BCUT2D eigenvalue weighted by molar-refractivity contribution is 5.42. The van der Waals surface area contributed by atoms with Gasteiger partial charge in [-0.2, -0.15) is 0 Å². The van der Waals surface area contributed by atoms with Crippen LogP contribution in [0.25, 0.3) is 0 Å². The van der Waals surface area contributed by atoms with Crippen molar-refractivity contribution in [3.05, 3.63) is 65.2 Å². The highest BCUT2D eigenvalue weighted by Crippen LogP contribution is 2.46. The van der Waals surface area contributed by atoms with Gasteiger partial charge in [-0.15, -0.1) is 0 Å². The first-order valence-electron chi connectivity index (χ1n) is 7.76. The van der Waals surface area contributed by atoms with Crippen LogP contribution in [0.4, 0.5) is 0 Å². The van der Waals surface area contributed by atoms with Gasteiger partial charge in [0.25, 0.3) is 0 Å². The smallest absolute Gasteiger partial charge is 0.164 e. The molecule has 2 atom stereocenters. The van der Waals surface area contributed by atoms with Crippen LogP contribution in [-0.2, 0) is 22.5 Å². The van der Waals surface area contributed by atoms with Crippen molar-refractivity contribution in [2.45, 2.75) is 44.9 Å². The molecule has 0 amide bonds. The van der Waals surface area contributed by atoms with Crippen molar-refractivity contribution in [2.24, 2.45) is 0 Å². The van der Waals surface area contributed by atoms with E-state index in [4.69, 9.17) is 14.2 Å². The molecule has 1 aliphatic heterocycles. The Balaban J connectivity index is 1.52. The Morgan fingerprint density at radius 1 is 1.09 bits per heavy atom. The van der Waals surface area contributed by atoms with E-state index in [0.717, 1.165) is 12.2 Å². The van der Waals surface area contributed by atoms with E-state index in [-0.39, 0.29) is 12.2 Å². The first kappa shape index (κ1) is 13.8. The van der Waals surface area contributed by atoms with E-state index < -0.39 is 5.79 Å². The van der Waals surface area contributed by atoms with Gasteiger partial charge < -0.3 is 14.2 Å². The number of hydrogen-bond acceptors (Lipinski definition) is 3. The Bertz CT molecular complexity index is 678. The van der Waals surface area contributed by atoms with Gasteiger partial charge in [0.15, 0.2) is 5.79 Å². The number of ether oxygens (including phenoxy) is 3. The molecule has 0 unspecified atom stereocenters. The van der Waals surface area contributed by atoms with Crippen molar-refractivity contribution in [2.75, 3.05) is 0 Å². The van der Waals surface area contributed by atoms with Crippen LogP contribution >= 0.6 is 0 Å². The van der Waals surface area contributed by atoms with E-state index in [1.807, 2.05) is 38.1 Å². The van der Waals surface area contributed by atoms with Gasteiger partial charge in [0.1, 0.15) is 18.5 Å². The summed E-state index contributed by atoms with van der Waals surface area (Å²) in [5.74, 6) is 0.394. The van der Waals surface area contributed by atoms with E-state index in [1.54, 1.807) is 0 Å². The number of fused-ring (bicyclic) bond motifs is 3. The van der Waals surface area contributed by atoms with Crippen LogP contribution in [0.15, 0.2) is 48.5 Å². The maximum absolute atomic E-state index is 6.04. The summed E-state index contributed by atoms with van der Waals surface area (Å²) in [6, 6.07) is 16.5. The van der Waals surface area contributed by atoms with Crippen LogP contribution in [0.2, 0.25) is 0 Å². The first-order valence-corrected chi connectivity index (χ1v) is 7.76. The van der Waals surface area contributed by atoms with E-state index in [2.05, 4.69) is 24.3 Å². The monoisotopic (exact) mass is 296 g/mol. The Labute approximate surface area is 130 Å². The molecule has 2 aliphatic rings. The minimum Gasteiger partial charge on any atom is -0.489 e. The second kappa shape index (κ2) is 5.11. The summed E-state index contributed by atoms with van der Waals surface area (Å²) in [6.07, 6.45) is 1.09. The van der Waals surface area contributed by atoms with Crippen LogP contribution in [0.5, 0.6) is 5.75 Å². The van der Waals surface area contributed by atoms with E-state index in [1.165, 1.54) is 16.7 Å². The third-order valence-electron chi connectivity index (χ3n) is 4.28. The molecule has 3 nitrogen and oxygen atoms in total. The van der Waals surface area contributed by atoms with Crippen LogP contribution in [0.1, 0.15) is 36.6 Å². The maximum Gasteiger partial charge on any atom is 0.164 e. The molecule has 0 aromatic heterocycles. The molecule has 1 heterocycles. The molecule has 1 aliphatic carbocycles. The highest BCUT2D eigenvalue weighted by Gasteiger charge is 2.46. The molecule has 0 N–H and O–H groups in total. The van der Waals surface area contributed by atoms with Gasteiger partial charge in [0.2, 0.25) is 0 Å². The molecule has 2 aromatic carbocycles. The van der Waals surface area contributed by atoms with E-state index >= 15 is 0 Å². The van der Waals surface area contributed by atoms with Gasteiger partial charge in [-0.3, -0.25) is 0 Å². The second-order valence-corrected chi connectivity index (χ2v) is 6.43. The molecular weight excluding hydrogens is 276 g/mol. The van der Waals surface area contributed by atoms with Crippen molar-refractivity contribution >= 4 is 0 Å². The Hall–Kier alpha value is -1.84. The van der Waals surface area contributed by atoms with Crippen molar-refractivity contribution < 1.29 is 14.2 Å². The molecule has 0 bridgehead atoms. The zero-order valence-electron chi connectivity index (χ0n) is 12.9. The molecule has 114 valence electrons. The molecule has 0 spiro atoms. The predicted molar refractivity (Wildman–Crippen MR) is 83.7 cm³/mol. The fourth-order valence-corrected chi connectivity index (χ4v) is 3.32. The molecule has 4 rings (SSSR count). The zero-order valence-corrected chi connectivity index (χ0v) is 12.9. The Morgan fingerprint density at radius 2 is 1.91 bits per heavy atom. The zero-order chi connectivity index (χ0) is 15.2. The lowest BCUT2D eigenvalue weighted by molar-refractivity contribution is -0.148. The topological polar surface area (TPSA) is 27.7 Å². The maximum atomic E-state index is 6.04. The molecule has 1 fully saturated rings. The average Bonchev–Trinajstić information content (AvgIpc) is 2.98.